The van der Waals surface area contributed by atoms with E-state index in [4.69, 9.17) is 11.1 Å². The van der Waals surface area contributed by atoms with Crippen molar-refractivity contribution >= 4 is 33.8 Å². The van der Waals surface area contributed by atoms with E-state index in [9.17, 15) is 0 Å². The van der Waals surface area contributed by atoms with Crippen molar-refractivity contribution in [3.8, 4) is 0 Å². The lowest BCUT2D eigenvalue weighted by atomic mass is 9.89. The van der Waals surface area contributed by atoms with Crippen molar-refractivity contribution in [3.63, 3.8) is 0 Å². The summed E-state index contributed by atoms with van der Waals surface area (Å²) in [6, 6.07) is 8.99. The smallest absolute Gasteiger partial charge is 0.183 e. The summed E-state index contributed by atoms with van der Waals surface area (Å²) in [4.78, 5) is 19.3. The van der Waals surface area contributed by atoms with Crippen LogP contribution in [-0.4, -0.2) is 75.8 Å². The van der Waals surface area contributed by atoms with Gasteiger partial charge in [-0.1, -0.05) is 24.3 Å². The largest absolute Gasteiger partial charge is 0.383 e. The number of benzene rings is 1. The Morgan fingerprint density at radius 3 is 2.46 bits per heavy atom. The van der Waals surface area contributed by atoms with Crippen LogP contribution in [0.5, 0.6) is 0 Å². The van der Waals surface area contributed by atoms with Crippen molar-refractivity contribution in [1.82, 2.24) is 24.8 Å². The minimum Gasteiger partial charge on any atom is -0.383 e. The number of hydrogen-bond acceptors (Lipinski definition) is 10. The first-order chi connectivity index (χ1) is 18.0. The molecule has 10 heteroatoms. The van der Waals surface area contributed by atoms with Crippen LogP contribution in [0.15, 0.2) is 36.8 Å². The molecule has 5 rings (SSSR count). The molecule has 1 aromatic carbocycles. The molecule has 2 aliphatic rings. The molecule has 1 saturated carbocycles. The highest BCUT2D eigenvalue weighted by Crippen LogP contribution is 2.29. The van der Waals surface area contributed by atoms with E-state index in [1.807, 2.05) is 37.4 Å². The highest BCUT2D eigenvalue weighted by atomic mass is 32.1. The third kappa shape index (κ3) is 6.26. The molecule has 2 fully saturated rings. The van der Waals surface area contributed by atoms with Crippen LogP contribution in [0.4, 0.5) is 16.8 Å². The van der Waals surface area contributed by atoms with Gasteiger partial charge in [0.15, 0.2) is 5.13 Å². The number of aryl methyl sites for hydroxylation is 1. The molecule has 5 N–H and O–H groups in total. The number of hydrogen-bond donors (Lipinski definition) is 4. The Morgan fingerprint density at radius 2 is 1.78 bits per heavy atom. The first-order valence-corrected chi connectivity index (χ1v) is 13.9. The number of likely N-dealkylation sites (N-methyl/N-ethyl adjacent to an activating group) is 1. The average Bonchev–Trinajstić information content (AvgIpc) is 3.33. The molecule has 0 unspecified atom stereocenters. The van der Waals surface area contributed by atoms with E-state index in [-0.39, 0.29) is 0 Å². The van der Waals surface area contributed by atoms with Crippen molar-refractivity contribution in [1.29, 1.82) is 5.41 Å². The molecule has 2 aromatic heterocycles. The van der Waals surface area contributed by atoms with E-state index >= 15 is 0 Å². The second-order valence-electron chi connectivity index (χ2n) is 10.2. The summed E-state index contributed by atoms with van der Waals surface area (Å²) in [6.07, 6.45) is 7.91. The van der Waals surface area contributed by atoms with Crippen LogP contribution in [0, 0.1) is 12.3 Å². The molecule has 0 amide bonds. The third-order valence-electron chi connectivity index (χ3n) is 7.53. The average molecular weight is 520 g/mol. The van der Waals surface area contributed by atoms with Gasteiger partial charge in [-0.15, -0.1) is 11.3 Å². The van der Waals surface area contributed by atoms with Crippen LogP contribution in [0.1, 0.15) is 47.3 Å². The number of anilines is 3. The number of nitrogens with zero attached hydrogens (tertiary/aromatic N) is 5. The van der Waals surface area contributed by atoms with Crippen LogP contribution in [-0.2, 0) is 6.54 Å². The first kappa shape index (κ1) is 25.6. The number of rotatable bonds is 8. The molecular formula is C27H37N9S. The summed E-state index contributed by atoms with van der Waals surface area (Å²) >= 11 is 1.64. The van der Waals surface area contributed by atoms with E-state index < -0.39 is 0 Å². The molecule has 1 saturated heterocycles. The zero-order chi connectivity index (χ0) is 25.8. The summed E-state index contributed by atoms with van der Waals surface area (Å²) in [5.74, 6) is 0.990. The minimum atomic E-state index is 0.326. The van der Waals surface area contributed by atoms with Crippen molar-refractivity contribution in [2.75, 3.05) is 49.6 Å². The van der Waals surface area contributed by atoms with Crippen LogP contribution < -0.4 is 16.4 Å². The number of thiazole rings is 1. The van der Waals surface area contributed by atoms with Crippen molar-refractivity contribution in [2.24, 2.45) is 0 Å². The van der Waals surface area contributed by atoms with Crippen LogP contribution in [0.25, 0.3) is 0 Å². The first-order valence-electron chi connectivity index (χ1n) is 13.1. The quantitative estimate of drug-likeness (QED) is 0.332. The Balaban J connectivity index is 1.21. The molecule has 1 aliphatic heterocycles. The van der Waals surface area contributed by atoms with Gasteiger partial charge in [-0.3, -0.25) is 10.3 Å². The van der Waals surface area contributed by atoms with Crippen LogP contribution >= 0.6 is 11.3 Å². The Kier molecular flexibility index (Phi) is 7.97. The standard InChI is InChI=1S/C27H37N9S/c1-18-15-30-27(37-18)31-16-19-3-5-20(6-4-19)24(28)23-25(29)32-17-33-26(23)34-21-7-9-22(10-8-21)36-13-11-35(2)12-14-36/h3-6,15,17,21-22,28H,7-14,16H2,1-2H3,(H,30,31)(H3,29,32,33,34). The topological polar surface area (TPSA) is 119 Å². The van der Waals surface area contributed by atoms with Gasteiger partial charge < -0.3 is 21.3 Å². The van der Waals surface area contributed by atoms with E-state index in [1.54, 1.807) is 11.3 Å². The number of nitrogens with one attached hydrogen (secondary N) is 3. The second kappa shape index (κ2) is 11.5. The summed E-state index contributed by atoms with van der Waals surface area (Å²) < 4.78 is 0. The lowest BCUT2D eigenvalue weighted by Crippen LogP contribution is -2.50. The van der Waals surface area contributed by atoms with Crippen LogP contribution in [0.3, 0.4) is 0 Å². The zero-order valence-corrected chi connectivity index (χ0v) is 22.5. The Morgan fingerprint density at radius 1 is 1.05 bits per heavy atom. The SMILES string of the molecule is Cc1cnc(NCc2ccc(C(=N)c3c(N)ncnc3NC3CCC(N4CCN(C)CC4)CC3)cc2)s1. The van der Waals surface area contributed by atoms with E-state index in [2.05, 4.69) is 42.4 Å². The molecule has 3 aromatic rings. The zero-order valence-electron chi connectivity index (χ0n) is 21.7. The molecule has 1 aliphatic carbocycles. The molecule has 0 spiro atoms. The number of nitrogens with two attached hydrogens (primary N) is 1. The van der Waals surface area contributed by atoms with E-state index in [0.29, 0.717) is 41.5 Å². The molecule has 196 valence electrons. The molecule has 0 radical (unpaired) electrons. The van der Waals surface area contributed by atoms with Crippen molar-refractivity contribution < 1.29 is 0 Å². The highest BCUT2D eigenvalue weighted by molar-refractivity contribution is 7.15. The summed E-state index contributed by atoms with van der Waals surface area (Å²) in [7, 11) is 2.21. The van der Waals surface area contributed by atoms with Gasteiger partial charge in [0.2, 0.25) is 0 Å². The van der Waals surface area contributed by atoms with Crippen molar-refractivity contribution in [3.05, 3.63) is 58.4 Å². The minimum absolute atomic E-state index is 0.326. The predicted octanol–water partition coefficient (Wildman–Crippen LogP) is 3.82. The maximum Gasteiger partial charge on any atom is 0.183 e. The summed E-state index contributed by atoms with van der Waals surface area (Å²) in [5.41, 5.74) is 9.10. The number of nitrogen functional groups attached to an aromatic ring is 1. The second-order valence-corrected chi connectivity index (χ2v) is 11.4. The van der Waals surface area contributed by atoms with Crippen LogP contribution in [0.2, 0.25) is 0 Å². The van der Waals surface area contributed by atoms with Gasteiger partial charge in [0.05, 0.1) is 11.3 Å². The molecule has 3 heterocycles. The molecule has 9 nitrogen and oxygen atoms in total. The van der Waals surface area contributed by atoms with Gasteiger partial charge >= 0.3 is 0 Å². The van der Waals surface area contributed by atoms with Gasteiger partial charge in [0.1, 0.15) is 18.0 Å². The Labute approximate surface area is 223 Å². The maximum absolute atomic E-state index is 8.93. The van der Waals surface area contributed by atoms with Gasteiger partial charge in [0, 0.05) is 61.4 Å². The fraction of sp³-hybridized carbons (Fsp3) is 0.481. The third-order valence-corrected chi connectivity index (χ3v) is 8.40. The van der Waals surface area contributed by atoms with Gasteiger partial charge in [-0.25, -0.2) is 15.0 Å². The monoisotopic (exact) mass is 519 g/mol. The fourth-order valence-corrected chi connectivity index (χ4v) is 5.93. The maximum atomic E-state index is 8.93. The summed E-state index contributed by atoms with van der Waals surface area (Å²) in [6.45, 7) is 7.39. The lowest BCUT2D eigenvalue weighted by Gasteiger charge is -2.41. The predicted molar refractivity (Wildman–Crippen MR) is 152 cm³/mol. The van der Waals surface area contributed by atoms with Gasteiger partial charge in [-0.2, -0.15) is 0 Å². The Hall–Kier alpha value is -3.08. The number of aromatic nitrogens is 3. The van der Waals surface area contributed by atoms with E-state index in [1.165, 1.54) is 37.1 Å². The normalized spacial score (nSPS) is 21.0. The molecular weight excluding hydrogens is 482 g/mol. The molecule has 0 atom stereocenters. The van der Waals surface area contributed by atoms with E-state index in [0.717, 1.165) is 42.2 Å². The molecule has 37 heavy (non-hydrogen) atoms. The highest BCUT2D eigenvalue weighted by Gasteiger charge is 2.28. The fourth-order valence-electron chi connectivity index (χ4n) is 5.27. The summed E-state index contributed by atoms with van der Waals surface area (Å²) in [5, 5.41) is 16.8. The lowest BCUT2D eigenvalue weighted by molar-refractivity contribution is 0.0894. The Bertz CT molecular complexity index is 1190. The van der Waals surface area contributed by atoms with Gasteiger partial charge in [-0.05, 0) is 45.2 Å². The number of piperazine rings is 1. The molecule has 0 bridgehead atoms. The van der Waals surface area contributed by atoms with Gasteiger partial charge in [0.25, 0.3) is 0 Å². The van der Waals surface area contributed by atoms with Crippen molar-refractivity contribution in [2.45, 2.75) is 51.2 Å².